The molecule has 0 radical (unpaired) electrons. The van der Waals surface area contributed by atoms with Crippen molar-refractivity contribution in [3.8, 4) is 17.1 Å². The Hall–Kier alpha value is -3.00. The van der Waals surface area contributed by atoms with Crippen molar-refractivity contribution in [3.63, 3.8) is 0 Å². The Bertz CT molecular complexity index is 1050. The maximum Gasteiger partial charge on any atom is 0.238 e. The van der Waals surface area contributed by atoms with Crippen LogP contribution in [-0.4, -0.2) is 51.1 Å². The molecule has 31 heavy (non-hydrogen) atoms. The first kappa shape index (κ1) is 19.9. The number of fused-ring (bicyclic) bond motifs is 1. The minimum absolute atomic E-state index is 0.161. The van der Waals surface area contributed by atoms with E-state index in [0.29, 0.717) is 5.16 Å². The van der Waals surface area contributed by atoms with Crippen LogP contribution in [0.5, 0.6) is 5.75 Å². The molecule has 1 aromatic heterocycles. The van der Waals surface area contributed by atoms with E-state index in [2.05, 4.69) is 15.6 Å². The number of ether oxygens (including phenoxy) is 1. The van der Waals surface area contributed by atoms with E-state index < -0.39 is 0 Å². The lowest BCUT2D eigenvalue weighted by molar-refractivity contribution is -0.131. The van der Waals surface area contributed by atoms with Crippen LogP contribution in [0.15, 0.2) is 59.8 Å². The Morgan fingerprint density at radius 1 is 1.03 bits per heavy atom. The summed E-state index contributed by atoms with van der Waals surface area (Å²) in [7, 11) is 1.65. The quantitative estimate of drug-likeness (QED) is 0.673. The smallest absolute Gasteiger partial charge is 0.238 e. The molecule has 2 aliphatic rings. The van der Waals surface area contributed by atoms with E-state index >= 15 is 0 Å². The number of rotatable bonds is 4. The van der Waals surface area contributed by atoms with Crippen molar-refractivity contribution in [1.29, 1.82) is 0 Å². The van der Waals surface area contributed by atoms with Crippen molar-refractivity contribution in [1.82, 2.24) is 19.8 Å². The SMILES string of the molecule is COc1ccc(C2Nn3c(nnc3-c3ccccc3)SC2C(=O)N2CCCCC2)cc1. The topological polar surface area (TPSA) is 72.3 Å². The first-order valence-electron chi connectivity index (χ1n) is 10.6. The van der Waals surface area contributed by atoms with Gasteiger partial charge in [0.1, 0.15) is 11.0 Å². The predicted octanol–water partition coefficient (Wildman–Crippen LogP) is 3.73. The minimum atomic E-state index is -0.313. The molecule has 160 valence electrons. The maximum absolute atomic E-state index is 13.5. The third-order valence-corrected chi connectivity index (χ3v) is 7.06. The van der Waals surface area contributed by atoms with Crippen LogP contribution < -0.4 is 10.2 Å². The van der Waals surface area contributed by atoms with Gasteiger partial charge in [0.2, 0.25) is 11.1 Å². The second-order valence-electron chi connectivity index (χ2n) is 7.81. The molecule has 3 heterocycles. The molecule has 7 nitrogen and oxygen atoms in total. The summed E-state index contributed by atoms with van der Waals surface area (Å²) >= 11 is 1.49. The highest BCUT2D eigenvalue weighted by Crippen LogP contribution is 2.40. The van der Waals surface area contributed by atoms with Crippen molar-refractivity contribution < 1.29 is 9.53 Å². The number of nitrogens with zero attached hydrogens (tertiary/aromatic N) is 4. The molecular formula is C23H25N5O2S. The number of hydrogen-bond acceptors (Lipinski definition) is 6. The Morgan fingerprint density at radius 2 is 1.77 bits per heavy atom. The number of carbonyl (C=O) groups excluding carboxylic acids is 1. The summed E-state index contributed by atoms with van der Waals surface area (Å²) < 4.78 is 7.23. The van der Waals surface area contributed by atoms with E-state index in [0.717, 1.165) is 48.6 Å². The molecule has 0 aliphatic carbocycles. The van der Waals surface area contributed by atoms with Crippen molar-refractivity contribution in [3.05, 3.63) is 60.2 Å². The summed E-state index contributed by atoms with van der Waals surface area (Å²) in [6.45, 7) is 1.65. The number of benzene rings is 2. The first-order chi connectivity index (χ1) is 15.2. The molecule has 2 aromatic carbocycles. The van der Waals surface area contributed by atoms with E-state index in [1.54, 1.807) is 7.11 Å². The lowest BCUT2D eigenvalue weighted by atomic mass is 10.0. The number of amides is 1. The number of piperidine rings is 1. The molecule has 8 heteroatoms. The third-order valence-electron chi connectivity index (χ3n) is 5.85. The van der Waals surface area contributed by atoms with Gasteiger partial charge < -0.3 is 15.1 Å². The van der Waals surface area contributed by atoms with Crippen LogP contribution in [-0.2, 0) is 4.79 Å². The number of carbonyl (C=O) groups is 1. The number of methoxy groups -OCH3 is 1. The van der Waals surface area contributed by atoms with Gasteiger partial charge in [-0.1, -0.05) is 54.2 Å². The summed E-state index contributed by atoms with van der Waals surface area (Å²) in [5.74, 6) is 1.69. The molecule has 2 unspecified atom stereocenters. The fourth-order valence-electron chi connectivity index (χ4n) is 4.17. The van der Waals surface area contributed by atoms with Gasteiger partial charge in [0.25, 0.3) is 0 Å². The molecule has 0 bridgehead atoms. The number of hydrogen-bond donors (Lipinski definition) is 1. The summed E-state index contributed by atoms with van der Waals surface area (Å²) in [6.07, 6.45) is 3.33. The van der Waals surface area contributed by atoms with Gasteiger partial charge in [0.15, 0.2) is 5.82 Å². The Morgan fingerprint density at radius 3 is 2.48 bits per heavy atom. The van der Waals surface area contributed by atoms with Gasteiger partial charge in [-0.15, -0.1) is 10.2 Å². The predicted molar refractivity (Wildman–Crippen MR) is 121 cm³/mol. The van der Waals surface area contributed by atoms with Gasteiger partial charge >= 0.3 is 0 Å². The van der Waals surface area contributed by atoms with Gasteiger partial charge in [0, 0.05) is 18.7 Å². The first-order valence-corrected chi connectivity index (χ1v) is 11.5. The highest BCUT2D eigenvalue weighted by molar-refractivity contribution is 8.00. The molecule has 2 aliphatic heterocycles. The van der Waals surface area contributed by atoms with Crippen LogP contribution in [0.3, 0.4) is 0 Å². The minimum Gasteiger partial charge on any atom is -0.497 e. The zero-order chi connectivity index (χ0) is 21.2. The van der Waals surface area contributed by atoms with Gasteiger partial charge in [-0.2, -0.15) is 0 Å². The molecule has 1 fully saturated rings. The van der Waals surface area contributed by atoms with Crippen molar-refractivity contribution in [2.45, 2.75) is 35.7 Å². The van der Waals surface area contributed by atoms with E-state index in [-0.39, 0.29) is 17.2 Å². The van der Waals surface area contributed by atoms with Crippen LogP contribution in [0.1, 0.15) is 30.9 Å². The van der Waals surface area contributed by atoms with Crippen LogP contribution in [0, 0.1) is 0 Å². The van der Waals surface area contributed by atoms with Gasteiger partial charge in [-0.05, 0) is 37.0 Å². The van der Waals surface area contributed by atoms with Crippen LogP contribution >= 0.6 is 11.8 Å². The van der Waals surface area contributed by atoms with Crippen LogP contribution in [0.4, 0.5) is 0 Å². The normalized spacial score (nSPS) is 20.6. The van der Waals surface area contributed by atoms with Crippen molar-refractivity contribution >= 4 is 17.7 Å². The molecule has 1 N–H and O–H groups in total. The van der Waals surface area contributed by atoms with Gasteiger partial charge in [0.05, 0.1) is 13.2 Å². The standard InChI is InChI=1S/C23H25N5O2S/c1-30-18-12-10-16(11-13-18)19-20(22(29)27-14-6-3-7-15-27)31-23-25-24-21(28(23)26-19)17-8-4-2-5-9-17/h2,4-5,8-13,19-20,26H,3,6-7,14-15H2,1H3. The monoisotopic (exact) mass is 435 g/mol. The Kier molecular flexibility index (Phi) is 5.55. The molecule has 1 saturated heterocycles. The molecule has 5 rings (SSSR count). The summed E-state index contributed by atoms with van der Waals surface area (Å²) in [4.78, 5) is 15.5. The lowest BCUT2D eigenvalue weighted by Crippen LogP contribution is -2.47. The zero-order valence-electron chi connectivity index (χ0n) is 17.4. The molecule has 1 amide bonds. The largest absolute Gasteiger partial charge is 0.497 e. The maximum atomic E-state index is 13.5. The molecule has 0 saturated carbocycles. The van der Waals surface area contributed by atoms with Gasteiger partial charge in [-0.3, -0.25) is 4.79 Å². The van der Waals surface area contributed by atoms with E-state index in [1.165, 1.54) is 18.2 Å². The van der Waals surface area contributed by atoms with E-state index in [4.69, 9.17) is 4.74 Å². The molecular weight excluding hydrogens is 410 g/mol. The highest BCUT2D eigenvalue weighted by Gasteiger charge is 2.40. The Balaban J connectivity index is 1.52. The van der Waals surface area contributed by atoms with Crippen LogP contribution in [0.25, 0.3) is 11.4 Å². The number of aromatic nitrogens is 3. The molecule has 3 aromatic rings. The second kappa shape index (κ2) is 8.63. The average molecular weight is 436 g/mol. The molecule has 0 spiro atoms. The van der Waals surface area contributed by atoms with Crippen molar-refractivity contribution in [2.75, 3.05) is 25.6 Å². The summed E-state index contributed by atoms with van der Waals surface area (Å²) in [5, 5.41) is 9.20. The fraction of sp³-hybridized carbons (Fsp3) is 0.348. The number of thioether (sulfide) groups is 1. The van der Waals surface area contributed by atoms with E-state index in [9.17, 15) is 4.79 Å². The van der Waals surface area contributed by atoms with E-state index in [1.807, 2.05) is 64.2 Å². The lowest BCUT2D eigenvalue weighted by Gasteiger charge is -2.37. The fourth-order valence-corrected chi connectivity index (χ4v) is 5.34. The highest BCUT2D eigenvalue weighted by atomic mass is 32.2. The second-order valence-corrected chi connectivity index (χ2v) is 8.92. The Labute approximate surface area is 185 Å². The van der Waals surface area contributed by atoms with Crippen molar-refractivity contribution in [2.24, 2.45) is 0 Å². The number of nitrogens with one attached hydrogen (secondary N) is 1. The van der Waals surface area contributed by atoms with Crippen LogP contribution in [0.2, 0.25) is 0 Å². The summed E-state index contributed by atoms with van der Waals surface area (Å²) in [6, 6.07) is 17.7. The van der Waals surface area contributed by atoms with Gasteiger partial charge in [-0.25, -0.2) is 4.68 Å². The average Bonchev–Trinajstić information content (AvgIpc) is 3.27. The summed E-state index contributed by atoms with van der Waals surface area (Å²) in [5.41, 5.74) is 5.56. The molecule has 2 atom stereocenters. The number of likely N-dealkylation sites (tertiary alicyclic amines) is 1. The third kappa shape index (κ3) is 3.87. The zero-order valence-corrected chi connectivity index (χ0v) is 18.2.